The number of benzene rings is 1. The number of carbonyl (C=O) groups excluding carboxylic acids is 1. The number of halogens is 1. The number of likely N-dealkylation sites (tertiary alicyclic amines) is 1. The molecule has 1 atom stereocenters. The molecule has 2 rings (SSSR count). The number of rotatable bonds is 2. The summed E-state index contributed by atoms with van der Waals surface area (Å²) in [6, 6.07) is 6.49. The van der Waals surface area contributed by atoms with Gasteiger partial charge >= 0.3 is 5.97 Å². The van der Waals surface area contributed by atoms with Crippen LogP contribution in [0.4, 0.5) is 0 Å². The molecule has 1 amide bonds. The molecule has 1 heterocycles. The number of nitrogens with zero attached hydrogens (tertiary/aromatic N) is 1. The lowest BCUT2D eigenvalue weighted by atomic mass is 9.98. The molecule has 1 aromatic carbocycles. The van der Waals surface area contributed by atoms with Crippen molar-refractivity contribution in [1.29, 1.82) is 0 Å². The molecule has 96 valence electrons. The van der Waals surface area contributed by atoms with E-state index in [9.17, 15) is 14.7 Å². The van der Waals surface area contributed by atoms with Crippen molar-refractivity contribution in [2.75, 3.05) is 6.54 Å². The fraction of sp³-hybridized carbons (Fsp3) is 0.385. The van der Waals surface area contributed by atoms with Crippen LogP contribution < -0.4 is 0 Å². The molecule has 18 heavy (non-hydrogen) atoms. The summed E-state index contributed by atoms with van der Waals surface area (Å²) in [5.41, 5.74) is -0.634. The number of hydrogen-bond donors (Lipinski definition) is 1. The molecular weight excluding hydrogens is 254 g/mol. The Morgan fingerprint density at radius 2 is 1.94 bits per heavy atom. The van der Waals surface area contributed by atoms with Gasteiger partial charge in [-0.3, -0.25) is 4.79 Å². The summed E-state index contributed by atoms with van der Waals surface area (Å²) in [4.78, 5) is 25.0. The van der Waals surface area contributed by atoms with Crippen LogP contribution in [0.1, 0.15) is 30.1 Å². The SMILES string of the molecule is CC1(C(=O)O)CCCN1C(=O)c1ccc(Cl)cc1. The van der Waals surface area contributed by atoms with Crippen molar-refractivity contribution < 1.29 is 14.7 Å². The van der Waals surface area contributed by atoms with Crippen molar-refractivity contribution in [2.45, 2.75) is 25.3 Å². The Bertz CT molecular complexity index is 486. The van der Waals surface area contributed by atoms with Crippen LogP contribution in [-0.4, -0.2) is 34.0 Å². The van der Waals surface area contributed by atoms with E-state index in [1.165, 1.54) is 4.90 Å². The lowest BCUT2D eigenvalue weighted by Gasteiger charge is -2.31. The molecule has 0 aliphatic carbocycles. The topological polar surface area (TPSA) is 57.6 Å². The zero-order valence-electron chi connectivity index (χ0n) is 10.0. The molecule has 1 N–H and O–H groups in total. The molecule has 0 saturated carbocycles. The van der Waals surface area contributed by atoms with E-state index in [-0.39, 0.29) is 5.91 Å². The maximum Gasteiger partial charge on any atom is 0.329 e. The Morgan fingerprint density at radius 3 is 2.50 bits per heavy atom. The summed E-state index contributed by atoms with van der Waals surface area (Å²) in [6.07, 6.45) is 1.20. The van der Waals surface area contributed by atoms with E-state index in [4.69, 9.17) is 11.6 Å². The maximum absolute atomic E-state index is 12.3. The van der Waals surface area contributed by atoms with E-state index < -0.39 is 11.5 Å². The van der Waals surface area contributed by atoms with Gasteiger partial charge in [0.05, 0.1) is 0 Å². The maximum atomic E-state index is 12.3. The number of carboxylic acid groups (broad SMARTS) is 1. The Morgan fingerprint density at radius 1 is 1.33 bits per heavy atom. The molecule has 1 unspecified atom stereocenters. The minimum atomic E-state index is -1.10. The Labute approximate surface area is 110 Å². The monoisotopic (exact) mass is 267 g/mol. The van der Waals surface area contributed by atoms with Crippen molar-refractivity contribution in [3.63, 3.8) is 0 Å². The first-order chi connectivity index (χ1) is 8.45. The molecule has 0 spiro atoms. The molecule has 0 bridgehead atoms. The molecule has 0 radical (unpaired) electrons. The molecule has 1 fully saturated rings. The third-order valence-electron chi connectivity index (χ3n) is 3.44. The van der Waals surface area contributed by atoms with Crippen LogP contribution in [0.5, 0.6) is 0 Å². The van der Waals surface area contributed by atoms with Crippen molar-refractivity contribution in [3.8, 4) is 0 Å². The lowest BCUT2D eigenvalue weighted by Crippen LogP contribution is -2.50. The quantitative estimate of drug-likeness (QED) is 0.895. The minimum absolute atomic E-state index is 0.255. The number of aliphatic carboxylic acids is 1. The minimum Gasteiger partial charge on any atom is -0.480 e. The fourth-order valence-electron chi connectivity index (χ4n) is 2.26. The van der Waals surface area contributed by atoms with Crippen LogP contribution in [0, 0.1) is 0 Å². The van der Waals surface area contributed by atoms with Crippen molar-refractivity contribution >= 4 is 23.5 Å². The van der Waals surface area contributed by atoms with E-state index in [0.29, 0.717) is 30.0 Å². The van der Waals surface area contributed by atoms with Gasteiger partial charge < -0.3 is 10.0 Å². The highest BCUT2D eigenvalue weighted by molar-refractivity contribution is 6.30. The van der Waals surface area contributed by atoms with Crippen LogP contribution in [0.15, 0.2) is 24.3 Å². The third kappa shape index (κ3) is 2.08. The normalized spacial score (nSPS) is 23.1. The van der Waals surface area contributed by atoms with Gasteiger partial charge in [-0.15, -0.1) is 0 Å². The average molecular weight is 268 g/mol. The second-order valence-corrected chi connectivity index (χ2v) is 5.08. The molecule has 0 aromatic heterocycles. The molecular formula is C13H14ClNO3. The van der Waals surface area contributed by atoms with Crippen LogP contribution in [0.25, 0.3) is 0 Å². The molecule has 4 nitrogen and oxygen atoms in total. The van der Waals surface area contributed by atoms with Crippen molar-refractivity contribution in [3.05, 3.63) is 34.9 Å². The van der Waals surface area contributed by atoms with Crippen molar-refractivity contribution in [2.24, 2.45) is 0 Å². The first kappa shape index (κ1) is 12.9. The number of hydrogen-bond acceptors (Lipinski definition) is 2. The van der Waals surface area contributed by atoms with E-state index >= 15 is 0 Å². The van der Waals surface area contributed by atoms with Gasteiger partial charge in [-0.1, -0.05) is 11.6 Å². The molecule has 1 aromatic rings. The standard InChI is InChI=1S/C13H14ClNO3/c1-13(12(17)18)7-2-8-15(13)11(16)9-3-5-10(14)6-4-9/h3-6H,2,7-8H2,1H3,(H,17,18). The smallest absolute Gasteiger partial charge is 0.329 e. The highest BCUT2D eigenvalue weighted by atomic mass is 35.5. The van der Waals surface area contributed by atoms with Crippen LogP contribution in [0.3, 0.4) is 0 Å². The summed E-state index contributed by atoms with van der Waals surface area (Å²) in [5.74, 6) is -1.21. The van der Waals surface area contributed by atoms with Gasteiger partial charge in [0.1, 0.15) is 5.54 Å². The zero-order chi connectivity index (χ0) is 13.3. The van der Waals surface area contributed by atoms with Gasteiger partial charge in [-0.25, -0.2) is 4.79 Å². The van der Waals surface area contributed by atoms with E-state index in [1.54, 1.807) is 31.2 Å². The average Bonchev–Trinajstić information content (AvgIpc) is 2.73. The number of carbonyl (C=O) groups is 2. The molecule has 1 aliphatic heterocycles. The largest absolute Gasteiger partial charge is 0.480 e. The summed E-state index contributed by atoms with van der Waals surface area (Å²) in [5, 5.41) is 9.82. The van der Waals surface area contributed by atoms with Crippen LogP contribution in [0.2, 0.25) is 5.02 Å². The molecule has 5 heteroatoms. The Kier molecular flexibility index (Phi) is 3.30. The third-order valence-corrected chi connectivity index (χ3v) is 3.69. The lowest BCUT2D eigenvalue weighted by molar-refractivity contribution is -0.147. The first-order valence-electron chi connectivity index (χ1n) is 5.76. The highest BCUT2D eigenvalue weighted by Gasteiger charge is 2.45. The van der Waals surface area contributed by atoms with Gasteiger partial charge in [0, 0.05) is 17.1 Å². The number of carboxylic acids is 1. The second kappa shape index (κ2) is 4.61. The Balaban J connectivity index is 2.28. The van der Waals surface area contributed by atoms with Crippen LogP contribution in [-0.2, 0) is 4.79 Å². The fourth-order valence-corrected chi connectivity index (χ4v) is 2.39. The first-order valence-corrected chi connectivity index (χ1v) is 6.14. The van der Waals surface area contributed by atoms with Gasteiger partial charge in [-0.05, 0) is 44.0 Å². The van der Waals surface area contributed by atoms with E-state index in [1.807, 2.05) is 0 Å². The zero-order valence-corrected chi connectivity index (χ0v) is 10.8. The predicted octanol–water partition coefficient (Wildman–Crippen LogP) is 2.42. The summed E-state index contributed by atoms with van der Waals surface area (Å²) >= 11 is 5.76. The Hall–Kier alpha value is -1.55. The predicted molar refractivity (Wildman–Crippen MR) is 67.8 cm³/mol. The summed E-state index contributed by atoms with van der Waals surface area (Å²) < 4.78 is 0. The van der Waals surface area contributed by atoms with Gasteiger partial charge in [0.25, 0.3) is 5.91 Å². The van der Waals surface area contributed by atoms with Gasteiger partial charge in [0.15, 0.2) is 0 Å². The van der Waals surface area contributed by atoms with E-state index in [0.717, 1.165) is 0 Å². The second-order valence-electron chi connectivity index (χ2n) is 4.65. The van der Waals surface area contributed by atoms with Gasteiger partial charge in [0.2, 0.25) is 0 Å². The summed E-state index contributed by atoms with van der Waals surface area (Å²) in [6.45, 7) is 2.07. The van der Waals surface area contributed by atoms with E-state index in [2.05, 4.69) is 0 Å². The molecule has 1 saturated heterocycles. The van der Waals surface area contributed by atoms with Crippen molar-refractivity contribution in [1.82, 2.24) is 4.90 Å². The summed E-state index contributed by atoms with van der Waals surface area (Å²) in [7, 11) is 0. The highest BCUT2D eigenvalue weighted by Crippen LogP contribution is 2.30. The number of amides is 1. The molecule has 1 aliphatic rings. The van der Waals surface area contributed by atoms with Gasteiger partial charge in [-0.2, -0.15) is 0 Å². The van der Waals surface area contributed by atoms with Crippen LogP contribution >= 0.6 is 11.6 Å².